The average molecular weight is 279 g/mol. The topological polar surface area (TPSA) is 29.1 Å². The Kier molecular flexibility index (Phi) is 6.89. The largest absolute Gasteiger partial charge is 0.353 e. The van der Waals surface area contributed by atoms with Crippen LogP contribution in [-0.2, 0) is 4.79 Å². The second-order valence-corrected chi connectivity index (χ2v) is 7.21. The highest BCUT2D eigenvalue weighted by atomic mass is 16.1. The normalized spacial score (nSPS) is 30.6. The van der Waals surface area contributed by atoms with Crippen LogP contribution in [0.1, 0.15) is 90.4 Å². The fourth-order valence-electron chi connectivity index (χ4n) is 3.90. The molecule has 1 amide bonds. The van der Waals surface area contributed by atoms with Crippen LogP contribution in [0, 0.1) is 11.8 Å². The summed E-state index contributed by atoms with van der Waals surface area (Å²) in [5, 5.41) is 3.38. The van der Waals surface area contributed by atoms with Crippen molar-refractivity contribution < 1.29 is 4.79 Å². The minimum absolute atomic E-state index is 0.305. The van der Waals surface area contributed by atoms with Crippen molar-refractivity contribution in [2.75, 3.05) is 0 Å². The summed E-state index contributed by atoms with van der Waals surface area (Å²) in [5.41, 5.74) is 0. The molecule has 0 radical (unpaired) electrons. The Morgan fingerprint density at radius 1 is 0.750 bits per heavy atom. The van der Waals surface area contributed by atoms with Gasteiger partial charge in [0.05, 0.1) is 0 Å². The summed E-state index contributed by atoms with van der Waals surface area (Å²) < 4.78 is 0. The summed E-state index contributed by atoms with van der Waals surface area (Å²) in [6.07, 6.45) is 16.4. The maximum atomic E-state index is 12.5. The third-order valence-electron chi connectivity index (χ3n) is 5.32. The van der Waals surface area contributed by atoms with E-state index in [1.807, 2.05) is 0 Å². The van der Waals surface area contributed by atoms with Crippen LogP contribution in [-0.4, -0.2) is 11.9 Å². The molecule has 2 aliphatic rings. The monoisotopic (exact) mass is 279 g/mol. The number of nitrogens with one attached hydrogen (secondary N) is 1. The zero-order valence-corrected chi connectivity index (χ0v) is 13.3. The van der Waals surface area contributed by atoms with E-state index in [1.54, 1.807) is 0 Å². The summed E-state index contributed by atoms with van der Waals surface area (Å²) in [4.78, 5) is 12.5. The first-order valence-electron chi connectivity index (χ1n) is 9.06. The molecule has 0 bridgehead atoms. The van der Waals surface area contributed by atoms with Gasteiger partial charge in [0.1, 0.15) is 0 Å². The Morgan fingerprint density at radius 2 is 1.30 bits per heavy atom. The van der Waals surface area contributed by atoms with Crippen molar-refractivity contribution in [3.8, 4) is 0 Å². The number of carbonyl (C=O) groups excluding carboxylic acids is 1. The van der Waals surface area contributed by atoms with Gasteiger partial charge in [-0.1, -0.05) is 64.7 Å². The van der Waals surface area contributed by atoms with Crippen molar-refractivity contribution in [1.82, 2.24) is 5.32 Å². The van der Waals surface area contributed by atoms with E-state index in [1.165, 1.54) is 70.6 Å². The lowest BCUT2D eigenvalue weighted by Gasteiger charge is -2.26. The maximum Gasteiger partial charge on any atom is 0.223 e. The summed E-state index contributed by atoms with van der Waals surface area (Å²) in [5.74, 6) is 1.56. The lowest BCUT2D eigenvalue weighted by molar-refractivity contribution is -0.126. The third-order valence-corrected chi connectivity index (χ3v) is 5.32. The minimum atomic E-state index is 0.305. The molecule has 2 nitrogen and oxygen atoms in total. The highest BCUT2D eigenvalue weighted by Crippen LogP contribution is 2.25. The summed E-state index contributed by atoms with van der Waals surface area (Å²) in [7, 11) is 0. The van der Waals surface area contributed by atoms with Crippen LogP contribution >= 0.6 is 0 Å². The van der Waals surface area contributed by atoms with Crippen LogP contribution in [0.3, 0.4) is 0 Å². The van der Waals surface area contributed by atoms with Gasteiger partial charge in [0.25, 0.3) is 0 Å². The van der Waals surface area contributed by atoms with E-state index in [0.29, 0.717) is 17.9 Å². The minimum Gasteiger partial charge on any atom is -0.353 e. The van der Waals surface area contributed by atoms with E-state index in [2.05, 4.69) is 12.2 Å². The molecule has 2 saturated carbocycles. The van der Waals surface area contributed by atoms with Gasteiger partial charge in [-0.3, -0.25) is 4.79 Å². The molecule has 2 fully saturated rings. The second kappa shape index (κ2) is 8.69. The Hall–Kier alpha value is -0.530. The van der Waals surface area contributed by atoms with Crippen LogP contribution in [0.25, 0.3) is 0 Å². The molecule has 0 spiro atoms. The lowest BCUT2D eigenvalue weighted by atomic mass is 9.88. The van der Waals surface area contributed by atoms with Crippen LogP contribution in [0.15, 0.2) is 0 Å². The summed E-state index contributed by atoms with van der Waals surface area (Å²) in [6, 6.07) is 0.459. The van der Waals surface area contributed by atoms with Crippen molar-refractivity contribution in [2.24, 2.45) is 11.8 Å². The first-order chi connectivity index (χ1) is 9.75. The molecular weight excluding hydrogens is 246 g/mol. The van der Waals surface area contributed by atoms with Gasteiger partial charge in [-0.2, -0.15) is 0 Å². The molecule has 0 heterocycles. The van der Waals surface area contributed by atoms with Gasteiger partial charge in [0.2, 0.25) is 5.91 Å². The second-order valence-electron chi connectivity index (χ2n) is 7.21. The van der Waals surface area contributed by atoms with Crippen molar-refractivity contribution in [1.29, 1.82) is 0 Å². The van der Waals surface area contributed by atoms with Crippen molar-refractivity contribution in [3.05, 3.63) is 0 Å². The van der Waals surface area contributed by atoms with Crippen molar-refractivity contribution >= 4 is 5.91 Å². The highest BCUT2D eigenvalue weighted by molar-refractivity contribution is 5.78. The van der Waals surface area contributed by atoms with E-state index < -0.39 is 0 Å². The number of hydrogen-bond donors (Lipinski definition) is 1. The molecule has 0 aromatic heterocycles. The molecule has 20 heavy (non-hydrogen) atoms. The third kappa shape index (κ3) is 5.46. The van der Waals surface area contributed by atoms with Crippen LogP contribution in [0.4, 0.5) is 0 Å². The maximum absolute atomic E-state index is 12.5. The molecule has 2 aliphatic carbocycles. The Bertz CT molecular complexity index is 271. The first kappa shape index (κ1) is 15.9. The zero-order chi connectivity index (χ0) is 14.2. The predicted octanol–water partition coefficient (Wildman–Crippen LogP) is 4.82. The summed E-state index contributed by atoms with van der Waals surface area (Å²) in [6.45, 7) is 2.37. The van der Waals surface area contributed by atoms with Gasteiger partial charge in [0, 0.05) is 12.0 Å². The van der Waals surface area contributed by atoms with Gasteiger partial charge in [-0.15, -0.1) is 0 Å². The SMILES string of the molecule is CC1CCCC(NC(=O)C2CCCCCCC2)CCC1. The zero-order valence-electron chi connectivity index (χ0n) is 13.3. The Balaban J connectivity index is 1.76. The van der Waals surface area contributed by atoms with Crippen molar-refractivity contribution in [2.45, 2.75) is 96.4 Å². The fraction of sp³-hybridized carbons (Fsp3) is 0.944. The van der Waals surface area contributed by atoms with E-state index >= 15 is 0 Å². The smallest absolute Gasteiger partial charge is 0.223 e. The average Bonchev–Trinajstić information content (AvgIpc) is 2.35. The van der Waals surface area contributed by atoms with Gasteiger partial charge >= 0.3 is 0 Å². The fourth-order valence-corrected chi connectivity index (χ4v) is 3.90. The molecule has 1 N–H and O–H groups in total. The lowest BCUT2D eigenvalue weighted by Crippen LogP contribution is -2.39. The standard InChI is InChI=1S/C18H33NO/c1-15-9-7-13-17(14-8-10-15)19-18(20)16-11-5-3-2-4-6-12-16/h15-17H,2-14H2,1H3,(H,19,20). The predicted molar refractivity (Wildman–Crippen MR) is 84.6 cm³/mol. The van der Waals surface area contributed by atoms with Crippen LogP contribution in [0.5, 0.6) is 0 Å². The highest BCUT2D eigenvalue weighted by Gasteiger charge is 2.22. The number of rotatable bonds is 2. The van der Waals surface area contributed by atoms with Gasteiger partial charge in [0.15, 0.2) is 0 Å². The van der Waals surface area contributed by atoms with Gasteiger partial charge < -0.3 is 5.32 Å². The molecule has 0 atom stereocenters. The van der Waals surface area contributed by atoms with Crippen LogP contribution in [0.2, 0.25) is 0 Å². The molecule has 0 aliphatic heterocycles. The van der Waals surface area contributed by atoms with Crippen molar-refractivity contribution in [3.63, 3.8) is 0 Å². The molecular formula is C18H33NO. The van der Waals surface area contributed by atoms with Crippen LogP contribution < -0.4 is 5.32 Å². The number of carbonyl (C=O) groups is 1. The van der Waals surface area contributed by atoms with Gasteiger partial charge in [-0.25, -0.2) is 0 Å². The summed E-state index contributed by atoms with van der Waals surface area (Å²) >= 11 is 0. The number of hydrogen-bond acceptors (Lipinski definition) is 1. The molecule has 116 valence electrons. The molecule has 2 rings (SSSR count). The molecule has 0 aromatic carbocycles. The number of amides is 1. The Morgan fingerprint density at radius 3 is 1.90 bits per heavy atom. The molecule has 0 unspecified atom stereocenters. The Labute approximate surface area is 125 Å². The van der Waals surface area contributed by atoms with E-state index in [4.69, 9.17) is 0 Å². The van der Waals surface area contributed by atoms with E-state index in [-0.39, 0.29) is 0 Å². The first-order valence-corrected chi connectivity index (χ1v) is 9.06. The van der Waals surface area contributed by atoms with E-state index in [0.717, 1.165) is 18.8 Å². The van der Waals surface area contributed by atoms with E-state index in [9.17, 15) is 4.79 Å². The quantitative estimate of drug-likeness (QED) is 0.771. The molecule has 2 heteroatoms. The molecule has 0 saturated heterocycles. The van der Waals surface area contributed by atoms with Gasteiger partial charge in [-0.05, 0) is 31.6 Å². The molecule has 0 aromatic rings.